The number of aryl methyl sites for hydroxylation is 2. The van der Waals surface area contributed by atoms with E-state index in [2.05, 4.69) is 29.9 Å². The first-order chi connectivity index (χ1) is 7.67. The molecule has 1 aromatic heterocycles. The van der Waals surface area contributed by atoms with Gasteiger partial charge in [-0.3, -0.25) is 0 Å². The zero-order chi connectivity index (χ0) is 12.0. The molecule has 1 heterocycles. The first-order valence-corrected chi connectivity index (χ1v) is 7.36. The van der Waals surface area contributed by atoms with Crippen LogP contribution >= 0.6 is 0 Å². The average Bonchev–Trinajstić information content (AvgIpc) is 2.71. The molecule has 0 spiro atoms. The van der Waals surface area contributed by atoms with Crippen LogP contribution in [0.2, 0.25) is 6.04 Å². The summed E-state index contributed by atoms with van der Waals surface area (Å²) in [5.41, 5.74) is 1.33. The molecule has 0 aliphatic heterocycles. The van der Waals surface area contributed by atoms with E-state index in [0.29, 0.717) is 0 Å². The molecular formula is C11H21NO3Si. The van der Waals surface area contributed by atoms with Crippen molar-refractivity contribution >= 4 is 8.80 Å². The van der Waals surface area contributed by atoms with E-state index in [4.69, 9.17) is 13.3 Å². The number of rotatable bonds is 7. The molecule has 0 N–H and O–H groups in total. The highest BCUT2D eigenvalue weighted by molar-refractivity contribution is 6.60. The van der Waals surface area contributed by atoms with E-state index in [1.54, 1.807) is 21.3 Å². The van der Waals surface area contributed by atoms with E-state index >= 15 is 0 Å². The van der Waals surface area contributed by atoms with Gasteiger partial charge in [-0.1, -0.05) is 0 Å². The van der Waals surface area contributed by atoms with Crippen LogP contribution in [-0.4, -0.2) is 34.7 Å². The third-order valence-corrected chi connectivity index (χ3v) is 5.73. The highest BCUT2D eigenvalue weighted by atomic mass is 28.4. The fraction of sp³-hybridized carbons (Fsp3) is 0.636. The number of hydrogen-bond acceptors (Lipinski definition) is 3. The molecule has 16 heavy (non-hydrogen) atoms. The van der Waals surface area contributed by atoms with Crippen LogP contribution in [0, 0.1) is 0 Å². The van der Waals surface area contributed by atoms with E-state index in [-0.39, 0.29) is 0 Å². The Morgan fingerprint density at radius 3 is 2.25 bits per heavy atom. The number of hydrogen-bond donors (Lipinski definition) is 0. The zero-order valence-electron chi connectivity index (χ0n) is 10.5. The predicted molar refractivity (Wildman–Crippen MR) is 65.3 cm³/mol. The van der Waals surface area contributed by atoms with Gasteiger partial charge in [0.2, 0.25) is 0 Å². The Labute approximate surface area is 98.5 Å². The van der Waals surface area contributed by atoms with Gasteiger partial charge in [0.25, 0.3) is 0 Å². The molecule has 0 unspecified atom stereocenters. The molecule has 1 aromatic rings. The SMILES string of the molecule is CO[Si](CCCc1cccn1C)(OC)OC. The van der Waals surface area contributed by atoms with E-state index in [1.807, 2.05) is 0 Å². The topological polar surface area (TPSA) is 32.6 Å². The second-order valence-corrected chi connectivity index (χ2v) is 6.85. The minimum Gasteiger partial charge on any atom is -0.377 e. The van der Waals surface area contributed by atoms with E-state index in [9.17, 15) is 0 Å². The lowest BCUT2D eigenvalue weighted by molar-refractivity contribution is 0.123. The lowest BCUT2D eigenvalue weighted by Gasteiger charge is -2.24. The molecule has 92 valence electrons. The van der Waals surface area contributed by atoms with Gasteiger partial charge in [-0.2, -0.15) is 0 Å². The molecule has 0 aromatic carbocycles. The quantitative estimate of drug-likeness (QED) is 0.685. The predicted octanol–water partition coefficient (Wildman–Crippen LogP) is 1.84. The van der Waals surface area contributed by atoms with E-state index in [0.717, 1.165) is 18.9 Å². The molecule has 0 fully saturated rings. The molecule has 0 atom stereocenters. The summed E-state index contributed by atoms with van der Waals surface area (Å²) in [4.78, 5) is 0. The van der Waals surface area contributed by atoms with Crippen LogP contribution in [0.5, 0.6) is 0 Å². The van der Waals surface area contributed by atoms with Crippen LogP contribution in [0.25, 0.3) is 0 Å². The maximum atomic E-state index is 5.37. The second-order valence-electron chi connectivity index (χ2n) is 3.76. The van der Waals surface area contributed by atoms with Crippen LogP contribution in [0.15, 0.2) is 18.3 Å². The lowest BCUT2D eigenvalue weighted by Crippen LogP contribution is -2.42. The van der Waals surface area contributed by atoms with Gasteiger partial charge < -0.3 is 17.8 Å². The summed E-state index contributed by atoms with van der Waals surface area (Å²) in [6, 6.07) is 5.04. The standard InChI is InChI=1S/C11H21NO3Si/c1-12-9-5-7-11(12)8-6-10-16(13-2,14-3)15-4/h5,7,9H,6,8,10H2,1-4H3. The highest BCUT2D eigenvalue weighted by Crippen LogP contribution is 2.17. The Hall–Kier alpha value is -0.623. The van der Waals surface area contributed by atoms with Gasteiger partial charge in [0, 0.05) is 46.3 Å². The monoisotopic (exact) mass is 243 g/mol. The Bertz CT molecular complexity index is 302. The maximum Gasteiger partial charge on any atom is 0.500 e. The molecule has 4 nitrogen and oxygen atoms in total. The van der Waals surface area contributed by atoms with Crippen molar-refractivity contribution in [2.45, 2.75) is 18.9 Å². The molecule has 0 aliphatic rings. The molecular weight excluding hydrogens is 222 g/mol. The van der Waals surface area contributed by atoms with Crippen molar-refractivity contribution in [3.05, 3.63) is 24.0 Å². The van der Waals surface area contributed by atoms with Crippen molar-refractivity contribution in [3.8, 4) is 0 Å². The number of aromatic nitrogens is 1. The zero-order valence-corrected chi connectivity index (χ0v) is 11.5. The molecule has 0 radical (unpaired) electrons. The first kappa shape index (κ1) is 13.4. The molecule has 5 heteroatoms. The van der Waals surface area contributed by atoms with Gasteiger partial charge in [0.15, 0.2) is 0 Å². The van der Waals surface area contributed by atoms with Crippen molar-refractivity contribution in [3.63, 3.8) is 0 Å². The Balaban J connectivity index is 2.42. The Morgan fingerprint density at radius 2 is 1.81 bits per heavy atom. The Kier molecular flexibility index (Phi) is 5.21. The lowest BCUT2D eigenvalue weighted by atomic mass is 10.2. The van der Waals surface area contributed by atoms with Crippen LogP contribution in [0.4, 0.5) is 0 Å². The highest BCUT2D eigenvalue weighted by Gasteiger charge is 2.36. The minimum absolute atomic E-state index is 0.849. The van der Waals surface area contributed by atoms with Gasteiger partial charge in [-0.25, -0.2) is 0 Å². The normalized spacial score (nSPS) is 12.0. The summed E-state index contributed by atoms with van der Waals surface area (Å²) in [5.74, 6) is 0. The minimum atomic E-state index is -2.38. The van der Waals surface area contributed by atoms with Crippen LogP contribution in [0.3, 0.4) is 0 Å². The third kappa shape index (κ3) is 3.18. The summed E-state index contributed by atoms with van der Waals surface area (Å²) < 4.78 is 18.3. The summed E-state index contributed by atoms with van der Waals surface area (Å²) in [7, 11) is 4.64. The summed E-state index contributed by atoms with van der Waals surface area (Å²) in [6.45, 7) is 0. The van der Waals surface area contributed by atoms with E-state index in [1.165, 1.54) is 5.69 Å². The molecule has 1 rings (SSSR count). The van der Waals surface area contributed by atoms with Crippen LogP contribution in [-0.2, 0) is 26.7 Å². The molecule has 0 aliphatic carbocycles. The van der Waals surface area contributed by atoms with Gasteiger partial charge in [-0.15, -0.1) is 0 Å². The molecule has 0 amide bonds. The molecule has 0 saturated heterocycles. The first-order valence-electron chi connectivity index (χ1n) is 5.43. The van der Waals surface area contributed by atoms with Crippen molar-refractivity contribution in [1.29, 1.82) is 0 Å². The van der Waals surface area contributed by atoms with Crippen LogP contribution in [0.1, 0.15) is 12.1 Å². The summed E-state index contributed by atoms with van der Waals surface area (Å²) >= 11 is 0. The van der Waals surface area contributed by atoms with Gasteiger partial charge >= 0.3 is 8.80 Å². The van der Waals surface area contributed by atoms with Gasteiger partial charge in [-0.05, 0) is 25.0 Å². The van der Waals surface area contributed by atoms with Crippen molar-refractivity contribution in [1.82, 2.24) is 4.57 Å². The average molecular weight is 243 g/mol. The van der Waals surface area contributed by atoms with Gasteiger partial charge in [0.05, 0.1) is 0 Å². The number of nitrogens with zero attached hydrogens (tertiary/aromatic N) is 1. The summed E-state index contributed by atoms with van der Waals surface area (Å²) in [5, 5.41) is 0. The smallest absolute Gasteiger partial charge is 0.377 e. The van der Waals surface area contributed by atoms with E-state index < -0.39 is 8.80 Å². The maximum absolute atomic E-state index is 5.37. The Morgan fingerprint density at radius 1 is 1.19 bits per heavy atom. The summed E-state index contributed by atoms with van der Waals surface area (Å²) in [6.07, 6.45) is 4.09. The van der Waals surface area contributed by atoms with Crippen LogP contribution < -0.4 is 0 Å². The molecule has 0 saturated carbocycles. The molecule has 0 bridgehead atoms. The third-order valence-electron chi connectivity index (χ3n) is 2.90. The van der Waals surface area contributed by atoms with Crippen molar-refractivity contribution in [2.24, 2.45) is 7.05 Å². The largest absolute Gasteiger partial charge is 0.500 e. The fourth-order valence-corrected chi connectivity index (χ4v) is 3.52. The second kappa shape index (κ2) is 6.20. The van der Waals surface area contributed by atoms with Crippen molar-refractivity contribution in [2.75, 3.05) is 21.3 Å². The fourth-order valence-electron chi connectivity index (χ4n) is 1.80. The van der Waals surface area contributed by atoms with Gasteiger partial charge in [0.1, 0.15) is 0 Å². The van der Waals surface area contributed by atoms with Crippen molar-refractivity contribution < 1.29 is 13.3 Å².